The number of halogens is 1. The molecule has 3 fully saturated rings. The van der Waals surface area contributed by atoms with Crippen LogP contribution in [0, 0.1) is 28.6 Å². The van der Waals surface area contributed by atoms with E-state index >= 15 is 4.39 Å². The van der Waals surface area contributed by atoms with Crippen molar-refractivity contribution in [1.82, 2.24) is 0 Å². The van der Waals surface area contributed by atoms with Crippen LogP contribution in [0.1, 0.15) is 79.6 Å². The highest BCUT2D eigenvalue weighted by atomic mass is 19.1. The zero-order chi connectivity index (χ0) is 27.4. The normalized spacial score (nSPS) is 42.2. The number of aliphatic hydroxyl groups is 1. The molecule has 0 aromatic carbocycles. The van der Waals surface area contributed by atoms with Crippen LogP contribution in [-0.2, 0) is 28.7 Å². The Bertz CT molecular complexity index is 1060. The molecule has 4 aliphatic rings. The Morgan fingerprint density at radius 3 is 2.51 bits per heavy atom. The number of esters is 2. The molecule has 0 amide bonds. The van der Waals surface area contributed by atoms with Crippen LogP contribution in [0.15, 0.2) is 23.8 Å². The molecular weight excluding hydrogens is 479 g/mol. The number of hydrogen-bond donors (Lipinski definition) is 1. The highest BCUT2D eigenvalue weighted by Gasteiger charge is 2.77. The van der Waals surface area contributed by atoms with Crippen molar-refractivity contribution < 1.29 is 38.1 Å². The largest absolute Gasteiger partial charge is 0.457 e. The molecule has 8 atom stereocenters. The monoisotopic (exact) mass is 518 g/mol. The average molecular weight is 519 g/mol. The minimum Gasteiger partial charge on any atom is -0.457 e. The lowest BCUT2D eigenvalue weighted by atomic mass is 9.44. The summed E-state index contributed by atoms with van der Waals surface area (Å²) < 4.78 is 28.7. The van der Waals surface area contributed by atoms with E-state index in [2.05, 4.69) is 0 Å². The second kappa shape index (κ2) is 9.44. The molecule has 0 aromatic heterocycles. The molecule has 0 aromatic rings. The van der Waals surface area contributed by atoms with Gasteiger partial charge in [0.05, 0.1) is 6.10 Å². The van der Waals surface area contributed by atoms with Crippen LogP contribution in [0.25, 0.3) is 0 Å². The number of carbonyl (C=O) groups excluding carboxylic acids is 4. The van der Waals surface area contributed by atoms with Crippen LogP contribution in [0.4, 0.5) is 4.39 Å². The first-order valence-electron chi connectivity index (χ1n) is 13.5. The van der Waals surface area contributed by atoms with E-state index in [4.69, 9.17) is 9.47 Å². The summed E-state index contributed by atoms with van der Waals surface area (Å²) in [5.74, 6) is -3.26. The Hall–Kier alpha value is -2.35. The van der Waals surface area contributed by atoms with E-state index in [9.17, 15) is 24.3 Å². The predicted octanol–water partition coefficient (Wildman–Crippen LogP) is 4.21. The van der Waals surface area contributed by atoms with E-state index in [1.807, 2.05) is 20.8 Å². The van der Waals surface area contributed by atoms with Gasteiger partial charge in [-0.2, -0.15) is 0 Å². The van der Waals surface area contributed by atoms with Crippen molar-refractivity contribution in [1.29, 1.82) is 0 Å². The number of aliphatic hydroxyl groups excluding tert-OH is 1. The lowest BCUT2D eigenvalue weighted by molar-refractivity contribution is -0.228. The Morgan fingerprint density at radius 2 is 1.86 bits per heavy atom. The van der Waals surface area contributed by atoms with Crippen molar-refractivity contribution in [2.24, 2.45) is 28.6 Å². The maximum absolute atomic E-state index is 17.4. The molecule has 3 saturated carbocycles. The Labute approximate surface area is 217 Å². The van der Waals surface area contributed by atoms with Gasteiger partial charge < -0.3 is 14.6 Å². The van der Waals surface area contributed by atoms with Gasteiger partial charge in [-0.15, -0.1) is 0 Å². The summed E-state index contributed by atoms with van der Waals surface area (Å²) in [6.45, 7) is 8.29. The van der Waals surface area contributed by atoms with Gasteiger partial charge in [-0.3, -0.25) is 19.2 Å². The number of rotatable bonds is 7. The van der Waals surface area contributed by atoms with Crippen molar-refractivity contribution in [2.45, 2.75) is 96.9 Å². The highest BCUT2D eigenvalue weighted by Crippen LogP contribution is 2.71. The topological polar surface area (TPSA) is 107 Å². The van der Waals surface area contributed by atoms with E-state index in [0.29, 0.717) is 31.3 Å². The molecule has 1 N–H and O–H groups in total. The van der Waals surface area contributed by atoms with Gasteiger partial charge in [0.1, 0.15) is 0 Å². The van der Waals surface area contributed by atoms with Crippen LogP contribution >= 0.6 is 0 Å². The minimum atomic E-state index is -2.06. The summed E-state index contributed by atoms with van der Waals surface area (Å²) in [6, 6.07) is 0. The SMILES string of the molecule is CCCC(=O)OCC(=O)[C@@]1(OC(=O)CC)C(C)C[C@H]2[C@@H]3CCC4=CC(=O)C=C[C@]4(C)[C@@]3(F)C(O)C[C@@]21C. The third-order valence-electron chi connectivity index (χ3n) is 9.98. The van der Waals surface area contributed by atoms with Crippen molar-refractivity contribution in [2.75, 3.05) is 6.61 Å². The van der Waals surface area contributed by atoms with Gasteiger partial charge in [0.25, 0.3) is 0 Å². The number of Topliss-reactive ketones (excluding diaryl/α,β-unsaturated/α-hetero) is 1. The second-order valence-electron chi connectivity index (χ2n) is 11.8. The molecule has 7 nitrogen and oxygen atoms in total. The van der Waals surface area contributed by atoms with Crippen molar-refractivity contribution in [3.63, 3.8) is 0 Å². The summed E-state index contributed by atoms with van der Waals surface area (Å²) in [4.78, 5) is 50.7. The van der Waals surface area contributed by atoms with Crippen molar-refractivity contribution in [3.8, 4) is 0 Å². The van der Waals surface area contributed by atoms with E-state index in [1.165, 1.54) is 12.2 Å². The fraction of sp³-hybridized carbons (Fsp3) is 0.724. The lowest BCUT2D eigenvalue weighted by Crippen LogP contribution is -2.70. The smallest absolute Gasteiger partial charge is 0.306 e. The summed E-state index contributed by atoms with van der Waals surface area (Å²) in [6.07, 6.45) is 4.97. The number of alkyl halides is 1. The number of ketones is 2. The summed E-state index contributed by atoms with van der Waals surface area (Å²) in [5.41, 5.74) is -5.26. The van der Waals surface area contributed by atoms with E-state index < -0.39 is 64.4 Å². The van der Waals surface area contributed by atoms with Crippen LogP contribution < -0.4 is 0 Å². The van der Waals surface area contributed by atoms with Gasteiger partial charge >= 0.3 is 11.9 Å². The molecule has 0 heterocycles. The quantitative estimate of drug-likeness (QED) is 0.503. The van der Waals surface area contributed by atoms with E-state index in [1.54, 1.807) is 19.9 Å². The minimum absolute atomic E-state index is 0.0438. The fourth-order valence-electron chi connectivity index (χ4n) is 8.18. The number of carbonyl (C=O) groups is 4. The molecule has 0 bridgehead atoms. The van der Waals surface area contributed by atoms with Crippen molar-refractivity contribution >= 4 is 23.5 Å². The fourth-order valence-corrected chi connectivity index (χ4v) is 8.18. The number of hydrogen-bond acceptors (Lipinski definition) is 7. The summed E-state index contributed by atoms with van der Waals surface area (Å²) >= 11 is 0. The predicted molar refractivity (Wildman–Crippen MR) is 133 cm³/mol. The van der Waals surface area contributed by atoms with Crippen LogP contribution in [0.3, 0.4) is 0 Å². The maximum Gasteiger partial charge on any atom is 0.306 e. The molecule has 0 radical (unpaired) electrons. The first-order valence-corrected chi connectivity index (χ1v) is 13.5. The third-order valence-corrected chi connectivity index (χ3v) is 9.98. The van der Waals surface area contributed by atoms with Gasteiger partial charge in [-0.25, -0.2) is 4.39 Å². The zero-order valence-electron chi connectivity index (χ0n) is 22.5. The summed E-state index contributed by atoms with van der Waals surface area (Å²) in [5, 5.41) is 11.6. The number of ether oxygens (including phenoxy) is 2. The Kier molecular flexibility index (Phi) is 7.06. The molecule has 8 heteroatoms. The van der Waals surface area contributed by atoms with Crippen LogP contribution in [-0.4, -0.2) is 52.6 Å². The molecule has 0 spiro atoms. The molecule has 0 saturated heterocycles. The van der Waals surface area contributed by atoms with Gasteiger partial charge in [-0.1, -0.05) is 39.3 Å². The standard InChI is InChI=1S/C29H39FO7/c1-6-8-25(35)36-16-23(33)29(37-24(34)7-2)17(3)13-21-20-10-9-18-14-19(31)11-12-26(18,4)28(20,30)22(32)15-27(21,29)5/h11-12,14,17,20-22,32H,6-10,13,15-16H2,1-5H3/t17?,20-,21-,22?,26-,27-,28-,29-/m0/s1. The zero-order valence-corrected chi connectivity index (χ0v) is 22.5. The molecular formula is C29H39FO7. The van der Waals surface area contributed by atoms with Gasteiger partial charge in [-0.05, 0) is 57.1 Å². The second-order valence-corrected chi connectivity index (χ2v) is 11.8. The maximum atomic E-state index is 17.4. The number of fused-ring (bicyclic) bond motifs is 5. The number of allylic oxidation sites excluding steroid dienone is 4. The van der Waals surface area contributed by atoms with Gasteiger partial charge in [0.2, 0.25) is 5.78 Å². The first-order chi connectivity index (χ1) is 17.3. The molecule has 204 valence electrons. The molecule has 37 heavy (non-hydrogen) atoms. The third kappa shape index (κ3) is 3.76. The van der Waals surface area contributed by atoms with Crippen LogP contribution in [0.5, 0.6) is 0 Å². The van der Waals surface area contributed by atoms with Gasteiger partial charge in [0, 0.05) is 35.5 Å². The Morgan fingerprint density at radius 1 is 1.16 bits per heavy atom. The molecule has 0 aliphatic heterocycles. The molecule has 4 rings (SSSR count). The summed E-state index contributed by atoms with van der Waals surface area (Å²) in [7, 11) is 0. The van der Waals surface area contributed by atoms with Crippen molar-refractivity contribution in [3.05, 3.63) is 23.8 Å². The van der Waals surface area contributed by atoms with Gasteiger partial charge in [0.15, 0.2) is 23.7 Å². The van der Waals surface area contributed by atoms with E-state index in [0.717, 1.165) is 0 Å². The lowest BCUT2D eigenvalue weighted by Gasteiger charge is -2.62. The first kappa shape index (κ1) is 27.7. The highest BCUT2D eigenvalue weighted by molar-refractivity contribution is 6.01. The van der Waals surface area contributed by atoms with E-state index in [-0.39, 0.29) is 31.0 Å². The Balaban J connectivity index is 1.77. The average Bonchev–Trinajstić information content (AvgIpc) is 3.06. The van der Waals surface area contributed by atoms with Crippen LogP contribution in [0.2, 0.25) is 0 Å². The molecule has 2 unspecified atom stereocenters. The molecule has 4 aliphatic carbocycles.